The molecule has 0 radical (unpaired) electrons. The largest absolute Gasteiger partial charge is 0.464 e. The Hall–Kier alpha value is -1.75. The van der Waals surface area contributed by atoms with Crippen molar-refractivity contribution in [1.82, 2.24) is 0 Å². The number of anilines is 1. The Bertz CT molecular complexity index is 503. The maximum atomic E-state index is 11.8. The van der Waals surface area contributed by atoms with Gasteiger partial charge in [-0.15, -0.1) is 0 Å². The van der Waals surface area contributed by atoms with E-state index in [9.17, 15) is 9.59 Å². The number of rotatable bonds is 2. The molecule has 1 aromatic carbocycles. The number of hydrogen-bond donors (Lipinski definition) is 0. The molecular weight excluding hydrogens is 258 g/mol. The maximum absolute atomic E-state index is 11.8. The van der Waals surface area contributed by atoms with Crippen molar-refractivity contribution in [3.05, 3.63) is 23.2 Å². The van der Waals surface area contributed by atoms with Gasteiger partial charge in [0.05, 0.1) is 12.3 Å². The van der Waals surface area contributed by atoms with Crippen LogP contribution in [0.15, 0.2) is 18.2 Å². The minimum Gasteiger partial charge on any atom is -0.464 e. The van der Waals surface area contributed by atoms with Gasteiger partial charge in [-0.2, -0.15) is 0 Å². The molecule has 0 N–H and O–H groups in total. The van der Waals surface area contributed by atoms with Crippen LogP contribution in [0.5, 0.6) is 5.75 Å². The quantitative estimate of drug-likeness (QED) is 0.464. The van der Waals surface area contributed by atoms with Gasteiger partial charge in [-0.1, -0.05) is 11.6 Å². The molecular formula is C12H12ClNO4. The average Bonchev–Trinajstić information content (AvgIpc) is 2.28. The molecule has 0 bridgehead atoms. The molecule has 5 nitrogen and oxygen atoms in total. The average molecular weight is 270 g/mol. The minimum atomic E-state index is -1.07. The zero-order valence-electron chi connectivity index (χ0n) is 9.97. The summed E-state index contributed by atoms with van der Waals surface area (Å²) in [6, 6.07) is 3.82. The van der Waals surface area contributed by atoms with Crippen LogP contribution in [-0.4, -0.2) is 31.6 Å². The fraction of sp³-hybridized carbons (Fsp3) is 0.333. The second-order valence-corrected chi connectivity index (χ2v) is 4.24. The van der Waals surface area contributed by atoms with E-state index in [0.29, 0.717) is 16.5 Å². The lowest BCUT2D eigenvalue weighted by Gasteiger charge is -2.32. The topological polar surface area (TPSA) is 55.8 Å². The van der Waals surface area contributed by atoms with Crippen molar-refractivity contribution in [2.45, 2.75) is 13.0 Å². The van der Waals surface area contributed by atoms with E-state index in [1.807, 2.05) is 0 Å². The van der Waals surface area contributed by atoms with Crippen LogP contribution in [0.3, 0.4) is 0 Å². The van der Waals surface area contributed by atoms with Gasteiger partial charge in [0.1, 0.15) is 0 Å². The maximum Gasteiger partial charge on any atom is 0.346 e. The summed E-state index contributed by atoms with van der Waals surface area (Å²) in [6.07, 6.45) is 0. The zero-order chi connectivity index (χ0) is 13.3. The third-order valence-electron chi connectivity index (χ3n) is 2.63. The molecule has 0 spiro atoms. The molecule has 1 aliphatic rings. The van der Waals surface area contributed by atoms with Crippen molar-refractivity contribution in [2.75, 3.05) is 18.6 Å². The zero-order valence-corrected chi connectivity index (χ0v) is 10.7. The van der Waals surface area contributed by atoms with Crippen molar-refractivity contribution in [3.8, 4) is 5.75 Å². The number of fused-ring (bicyclic) bond motifs is 1. The highest BCUT2D eigenvalue weighted by Gasteiger charge is 2.39. The second kappa shape index (κ2) is 4.86. The summed E-state index contributed by atoms with van der Waals surface area (Å²) in [4.78, 5) is 25.0. The number of hydrogen-bond acceptors (Lipinski definition) is 5. The first kappa shape index (κ1) is 12.7. The Morgan fingerprint density at radius 3 is 2.94 bits per heavy atom. The lowest BCUT2D eigenvalue weighted by molar-refractivity contribution is -0.152. The van der Waals surface area contributed by atoms with Gasteiger partial charge < -0.3 is 14.4 Å². The molecule has 6 heteroatoms. The Kier molecular flexibility index (Phi) is 3.43. The summed E-state index contributed by atoms with van der Waals surface area (Å²) in [7, 11) is 1.63. The highest BCUT2D eigenvalue weighted by atomic mass is 35.5. The molecule has 96 valence electrons. The van der Waals surface area contributed by atoms with E-state index in [1.54, 1.807) is 26.1 Å². The van der Waals surface area contributed by atoms with E-state index < -0.39 is 18.0 Å². The molecule has 0 fully saturated rings. The fourth-order valence-electron chi connectivity index (χ4n) is 1.80. The van der Waals surface area contributed by atoms with Crippen LogP contribution in [0, 0.1) is 0 Å². The molecule has 1 unspecified atom stereocenters. The van der Waals surface area contributed by atoms with Crippen LogP contribution in [0.2, 0.25) is 5.02 Å². The standard InChI is InChI=1S/C12H12ClNO4/c1-3-17-11(15)10-12(16)18-9-6-7(13)4-5-8(9)14(10)2/h4-6,10H,3H2,1-2H3. The molecule has 18 heavy (non-hydrogen) atoms. The molecule has 0 saturated carbocycles. The first-order valence-electron chi connectivity index (χ1n) is 5.45. The Labute approximate surface area is 109 Å². The summed E-state index contributed by atoms with van der Waals surface area (Å²) in [6.45, 7) is 1.89. The van der Waals surface area contributed by atoms with Crippen LogP contribution in [-0.2, 0) is 14.3 Å². The van der Waals surface area contributed by atoms with Crippen molar-refractivity contribution >= 4 is 29.2 Å². The molecule has 0 aliphatic carbocycles. The van der Waals surface area contributed by atoms with E-state index in [1.165, 1.54) is 11.0 Å². The number of benzene rings is 1. The summed E-state index contributed by atoms with van der Waals surface area (Å²) in [5.41, 5.74) is 0.622. The SMILES string of the molecule is CCOC(=O)C1C(=O)Oc2cc(Cl)ccc2N1C. The smallest absolute Gasteiger partial charge is 0.346 e. The molecule has 1 heterocycles. The third kappa shape index (κ3) is 2.13. The Morgan fingerprint density at radius 2 is 2.28 bits per heavy atom. The molecule has 1 aliphatic heterocycles. The lowest BCUT2D eigenvalue weighted by atomic mass is 10.1. The number of carbonyl (C=O) groups is 2. The monoisotopic (exact) mass is 269 g/mol. The van der Waals surface area contributed by atoms with Crippen LogP contribution in [0.1, 0.15) is 6.92 Å². The molecule has 2 rings (SSSR count). The highest BCUT2D eigenvalue weighted by Crippen LogP contribution is 2.35. The Morgan fingerprint density at radius 1 is 1.56 bits per heavy atom. The van der Waals surface area contributed by atoms with Gasteiger partial charge in [-0.25, -0.2) is 9.59 Å². The van der Waals surface area contributed by atoms with Crippen molar-refractivity contribution < 1.29 is 19.1 Å². The first-order chi connectivity index (χ1) is 8.54. The predicted octanol–water partition coefficient (Wildman–Crippen LogP) is 1.63. The van der Waals surface area contributed by atoms with Crippen molar-refractivity contribution in [1.29, 1.82) is 0 Å². The third-order valence-corrected chi connectivity index (χ3v) is 2.87. The fourth-order valence-corrected chi connectivity index (χ4v) is 1.96. The van der Waals surface area contributed by atoms with Gasteiger partial charge in [-0.3, -0.25) is 0 Å². The van der Waals surface area contributed by atoms with E-state index >= 15 is 0 Å². The van der Waals surface area contributed by atoms with E-state index in [0.717, 1.165) is 0 Å². The number of carbonyl (C=O) groups excluding carboxylic acids is 2. The number of halogens is 1. The summed E-state index contributed by atoms with van der Waals surface area (Å²) >= 11 is 5.82. The molecule has 0 aromatic heterocycles. The highest BCUT2D eigenvalue weighted by molar-refractivity contribution is 6.30. The van der Waals surface area contributed by atoms with E-state index in [4.69, 9.17) is 21.1 Å². The lowest BCUT2D eigenvalue weighted by Crippen LogP contribution is -2.50. The van der Waals surface area contributed by atoms with Gasteiger partial charge in [0.2, 0.25) is 6.04 Å². The van der Waals surface area contributed by atoms with E-state index in [2.05, 4.69) is 0 Å². The van der Waals surface area contributed by atoms with E-state index in [-0.39, 0.29) is 6.61 Å². The van der Waals surface area contributed by atoms with Gasteiger partial charge in [0.15, 0.2) is 5.75 Å². The van der Waals surface area contributed by atoms with Gasteiger partial charge in [0.25, 0.3) is 0 Å². The molecule has 1 aromatic rings. The molecule has 1 atom stereocenters. The second-order valence-electron chi connectivity index (χ2n) is 3.80. The predicted molar refractivity (Wildman–Crippen MR) is 65.9 cm³/mol. The van der Waals surface area contributed by atoms with Crippen LogP contribution < -0.4 is 9.64 Å². The molecule has 0 saturated heterocycles. The summed E-state index contributed by atoms with van der Waals surface area (Å²) in [5, 5.41) is 0.463. The Balaban J connectivity index is 2.36. The van der Waals surface area contributed by atoms with Crippen molar-refractivity contribution in [3.63, 3.8) is 0 Å². The minimum absolute atomic E-state index is 0.212. The van der Waals surface area contributed by atoms with Gasteiger partial charge in [-0.05, 0) is 19.1 Å². The van der Waals surface area contributed by atoms with Crippen LogP contribution in [0.25, 0.3) is 0 Å². The number of likely N-dealkylation sites (N-methyl/N-ethyl adjacent to an activating group) is 1. The summed E-state index contributed by atoms with van der Waals surface area (Å²) in [5.74, 6) is -0.938. The number of esters is 2. The molecule has 0 amide bonds. The van der Waals surface area contributed by atoms with Crippen LogP contribution in [0.4, 0.5) is 5.69 Å². The van der Waals surface area contributed by atoms with Gasteiger partial charge >= 0.3 is 11.9 Å². The van der Waals surface area contributed by atoms with Crippen molar-refractivity contribution in [2.24, 2.45) is 0 Å². The number of nitrogens with zero attached hydrogens (tertiary/aromatic N) is 1. The summed E-state index contributed by atoms with van der Waals surface area (Å²) < 4.78 is 9.95. The van der Waals surface area contributed by atoms with Crippen LogP contribution >= 0.6 is 11.6 Å². The number of ether oxygens (including phenoxy) is 2. The normalized spacial score (nSPS) is 18.1. The van der Waals surface area contributed by atoms with Gasteiger partial charge in [0, 0.05) is 18.1 Å². The first-order valence-corrected chi connectivity index (χ1v) is 5.83.